The predicted molar refractivity (Wildman–Crippen MR) is 77.3 cm³/mol. The predicted octanol–water partition coefficient (Wildman–Crippen LogP) is 4.76. The van der Waals surface area contributed by atoms with Gasteiger partial charge in [-0.15, -0.1) is 0 Å². The van der Waals surface area contributed by atoms with Gasteiger partial charge in [-0.05, 0) is 50.0 Å². The van der Waals surface area contributed by atoms with E-state index in [2.05, 4.69) is 33.0 Å². The van der Waals surface area contributed by atoms with Crippen molar-refractivity contribution in [2.45, 2.75) is 85.1 Å². The average molecular weight is 239 g/mol. The van der Waals surface area contributed by atoms with Crippen LogP contribution in [0.1, 0.15) is 79.1 Å². The lowest BCUT2D eigenvalue weighted by molar-refractivity contribution is 0.299. The van der Waals surface area contributed by atoms with Crippen molar-refractivity contribution in [2.75, 3.05) is 6.54 Å². The van der Waals surface area contributed by atoms with Crippen molar-refractivity contribution in [3.8, 4) is 0 Å². The lowest BCUT2D eigenvalue weighted by atomic mass is 9.86. The molecule has 0 saturated heterocycles. The maximum atomic E-state index is 3.80. The van der Waals surface area contributed by atoms with E-state index < -0.39 is 0 Å². The summed E-state index contributed by atoms with van der Waals surface area (Å²) in [6.45, 7) is 10.6. The maximum Gasteiger partial charge on any atom is 0.00953 e. The molecule has 1 heteroatoms. The molecule has 1 aliphatic rings. The van der Waals surface area contributed by atoms with Crippen molar-refractivity contribution in [3.63, 3.8) is 0 Å². The Morgan fingerprint density at radius 2 is 1.82 bits per heavy atom. The molecule has 0 amide bonds. The highest BCUT2D eigenvalue weighted by Gasteiger charge is 2.24. The SMILES string of the molecule is CCCNC(CCCC(C)(C)C)C1CCCC1. The molecule has 0 aromatic carbocycles. The zero-order valence-electron chi connectivity index (χ0n) is 12.5. The number of rotatable bonds is 7. The van der Waals surface area contributed by atoms with Crippen LogP contribution in [0.5, 0.6) is 0 Å². The van der Waals surface area contributed by atoms with E-state index in [4.69, 9.17) is 0 Å². The second-order valence-electron chi connectivity index (χ2n) is 7.06. The van der Waals surface area contributed by atoms with Gasteiger partial charge in [0.1, 0.15) is 0 Å². The summed E-state index contributed by atoms with van der Waals surface area (Å²) in [5, 5.41) is 3.80. The van der Waals surface area contributed by atoms with Crippen LogP contribution < -0.4 is 5.32 Å². The average Bonchev–Trinajstić information content (AvgIpc) is 2.74. The molecule has 0 aliphatic heterocycles. The minimum atomic E-state index is 0.505. The van der Waals surface area contributed by atoms with Gasteiger partial charge in [-0.3, -0.25) is 0 Å². The second kappa shape index (κ2) is 7.41. The van der Waals surface area contributed by atoms with E-state index in [-0.39, 0.29) is 0 Å². The van der Waals surface area contributed by atoms with Gasteiger partial charge in [0.25, 0.3) is 0 Å². The van der Waals surface area contributed by atoms with Crippen molar-refractivity contribution >= 4 is 0 Å². The molecular weight excluding hydrogens is 206 g/mol. The van der Waals surface area contributed by atoms with Gasteiger partial charge in [-0.25, -0.2) is 0 Å². The molecule has 0 bridgehead atoms. The standard InChI is InChI=1S/C16H33N/c1-5-13-17-15(14-9-6-7-10-14)11-8-12-16(2,3)4/h14-15,17H,5-13H2,1-4H3. The van der Waals surface area contributed by atoms with Crippen molar-refractivity contribution in [2.24, 2.45) is 11.3 Å². The highest BCUT2D eigenvalue weighted by molar-refractivity contribution is 4.81. The van der Waals surface area contributed by atoms with Crippen LogP contribution in [0.15, 0.2) is 0 Å². The lowest BCUT2D eigenvalue weighted by Gasteiger charge is -2.26. The molecule has 0 spiro atoms. The highest BCUT2D eigenvalue weighted by atomic mass is 14.9. The van der Waals surface area contributed by atoms with Crippen LogP contribution in [-0.2, 0) is 0 Å². The van der Waals surface area contributed by atoms with E-state index >= 15 is 0 Å². The first kappa shape index (κ1) is 15.0. The minimum Gasteiger partial charge on any atom is -0.314 e. The first-order valence-electron chi connectivity index (χ1n) is 7.76. The molecule has 1 atom stereocenters. The summed E-state index contributed by atoms with van der Waals surface area (Å²) in [7, 11) is 0. The fourth-order valence-electron chi connectivity index (χ4n) is 3.05. The van der Waals surface area contributed by atoms with Gasteiger partial charge in [-0.1, -0.05) is 47.0 Å². The monoisotopic (exact) mass is 239 g/mol. The number of hydrogen-bond acceptors (Lipinski definition) is 1. The van der Waals surface area contributed by atoms with Crippen LogP contribution in [0, 0.1) is 11.3 Å². The first-order valence-corrected chi connectivity index (χ1v) is 7.76. The molecule has 102 valence electrons. The zero-order chi connectivity index (χ0) is 12.7. The van der Waals surface area contributed by atoms with E-state index in [0.717, 1.165) is 12.0 Å². The Kier molecular flexibility index (Phi) is 6.54. The summed E-state index contributed by atoms with van der Waals surface area (Å²) in [5.74, 6) is 0.974. The summed E-state index contributed by atoms with van der Waals surface area (Å²) in [6, 6.07) is 0.805. The van der Waals surface area contributed by atoms with Crippen LogP contribution in [0.4, 0.5) is 0 Å². The van der Waals surface area contributed by atoms with E-state index in [9.17, 15) is 0 Å². The van der Waals surface area contributed by atoms with Crippen LogP contribution >= 0.6 is 0 Å². The quantitative estimate of drug-likeness (QED) is 0.675. The Hall–Kier alpha value is -0.0400. The van der Waals surface area contributed by atoms with Crippen molar-refractivity contribution in [1.82, 2.24) is 5.32 Å². The Morgan fingerprint density at radius 1 is 1.18 bits per heavy atom. The molecule has 1 N–H and O–H groups in total. The van der Waals surface area contributed by atoms with Crippen molar-refractivity contribution in [1.29, 1.82) is 0 Å². The summed E-state index contributed by atoms with van der Waals surface area (Å²) >= 11 is 0. The van der Waals surface area contributed by atoms with Gasteiger partial charge >= 0.3 is 0 Å². The first-order chi connectivity index (χ1) is 8.03. The van der Waals surface area contributed by atoms with Gasteiger partial charge in [0.2, 0.25) is 0 Å². The third-order valence-corrected chi connectivity index (χ3v) is 4.07. The largest absolute Gasteiger partial charge is 0.314 e. The van der Waals surface area contributed by atoms with Gasteiger partial charge in [0.05, 0.1) is 0 Å². The molecule has 0 aromatic rings. The lowest BCUT2D eigenvalue weighted by Crippen LogP contribution is -2.35. The molecule has 1 saturated carbocycles. The zero-order valence-corrected chi connectivity index (χ0v) is 12.5. The fraction of sp³-hybridized carbons (Fsp3) is 1.00. The fourth-order valence-corrected chi connectivity index (χ4v) is 3.05. The Morgan fingerprint density at radius 3 is 2.35 bits per heavy atom. The normalized spacial score (nSPS) is 19.8. The van der Waals surface area contributed by atoms with Crippen LogP contribution in [-0.4, -0.2) is 12.6 Å². The maximum absolute atomic E-state index is 3.80. The molecule has 0 aromatic heterocycles. The molecule has 0 radical (unpaired) electrons. The Labute approximate surface area is 109 Å². The molecule has 1 rings (SSSR count). The summed E-state index contributed by atoms with van der Waals surface area (Å²) in [6.07, 6.45) is 11.3. The number of hydrogen-bond donors (Lipinski definition) is 1. The van der Waals surface area contributed by atoms with Crippen LogP contribution in [0.3, 0.4) is 0 Å². The van der Waals surface area contributed by atoms with Gasteiger partial charge in [0, 0.05) is 6.04 Å². The Balaban J connectivity index is 2.29. The van der Waals surface area contributed by atoms with E-state index in [1.807, 2.05) is 0 Å². The molecule has 1 nitrogen and oxygen atoms in total. The highest BCUT2D eigenvalue weighted by Crippen LogP contribution is 2.31. The smallest absolute Gasteiger partial charge is 0.00953 e. The van der Waals surface area contributed by atoms with Crippen molar-refractivity contribution < 1.29 is 0 Å². The van der Waals surface area contributed by atoms with E-state index in [1.165, 1.54) is 57.9 Å². The third kappa shape index (κ3) is 6.45. The summed E-state index contributed by atoms with van der Waals surface area (Å²) < 4.78 is 0. The third-order valence-electron chi connectivity index (χ3n) is 4.07. The second-order valence-corrected chi connectivity index (χ2v) is 7.06. The molecule has 0 heterocycles. The van der Waals surface area contributed by atoms with Crippen LogP contribution in [0.25, 0.3) is 0 Å². The Bertz CT molecular complexity index is 186. The van der Waals surface area contributed by atoms with Crippen LogP contribution in [0.2, 0.25) is 0 Å². The van der Waals surface area contributed by atoms with E-state index in [1.54, 1.807) is 0 Å². The molecular formula is C16H33N. The summed E-state index contributed by atoms with van der Waals surface area (Å²) in [4.78, 5) is 0. The molecule has 17 heavy (non-hydrogen) atoms. The topological polar surface area (TPSA) is 12.0 Å². The summed E-state index contributed by atoms with van der Waals surface area (Å²) in [5.41, 5.74) is 0.505. The molecule has 1 fully saturated rings. The van der Waals surface area contributed by atoms with Gasteiger partial charge in [-0.2, -0.15) is 0 Å². The van der Waals surface area contributed by atoms with Gasteiger partial charge < -0.3 is 5.32 Å². The number of nitrogens with one attached hydrogen (secondary N) is 1. The molecule has 1 aliphatic carbocycles. The molecule has 1 unspecified atom stereocenters. The van der Waals surface area contributed by atoms with Crippen molar-refractivity contribution in [3.05, 3.63) is 0 Å². The van der Waals surface area contributed by atoms with E-state index in [0.29, 0.717) is 5.41 Å². The minimum absolute atomic E-state index is 0.505. The van der Waals surface area contributed by atoms with Gasteiger partial charge in [0.15, 0.2) is 0 Å².